The van der Waals surface area contributed by atoms with E-state index >= 15 is 0 Å². The van der Waals surface area contributed by atoms with Crippen molar-refractivity contribution < 1.29 is 14.0 Å². The van der Waals surface area contributed by atoms with Gasteiger partial charge in [0.1, 0.15) is 0 Å². The molecule has 0 fully saturated rings. The number of rotatable bonds is 9. The molecule has 0 heterocycles. The van der Waals surface area contributed by atoms with Crippen LogP contribution in [0.1, 0.15) is 26.7 Å². The van der Waals surface area contributed by atoms with Gasteiger partial charge in [-0.1, -0.05) is 66.7 Å². The normalized spacial score (nSPS) is 12.3. The number of ether oxygens (including phenoxy) is 1. The van der Waals surface area contributed by atoms with E-state index in [1.807, 2.05) is 25.1 Å². The Hall–Kier alpha value is -0.644. The molecule has 0 aliphatic carbocycles. The van der Waals surface area contributed by atoms with Crippen LogP contribution in [0.3, 0.4) is 0 Å². The third-order valence-corrected chi connectivity index (χ3v) is 6.90. The van der Waals surface area contributed by atoms with Crippen molar-refractivity contribution in [3.63, 3.8) is 0 Å². The van der Waals surface area contributed by atoms with Gasteiger partial charge in [0, 0.05) is 12.5 Å². The summed E-state index contributed by atoms with van der Waals surface area (Å²) in [5.74, 6) is -0.187. The van der Waals surface area contributed by atoms with Gasteiger partial charge in [-0.2, -0.15) is 0 Å². The molecule has 2 rings (SSSR count). The van der Waals surface area contributed by atoms with Crippen molar-refractivity contribution in [1.29, 1.82) is 0 Å². The van der Waals surface area contributed by atoms with Gasteiger partial charge in [0.2, 0.25) is 0 Å². The number of esters is 1. The fourth-order valence-electron chi connectivity index (χ4n) is 2.50. The summed E-state index contributed by atoms with van der Waals surface area (Å²) in [5.41, 5.74) is 0. The molecule has 0 saturated carbocycles. The number of benzene rings is 2. The van der Waals surface area contributed by atoms with Crippen LogP contribution in [0.25, 0.3) is 0 Å². The van der Waals surface area contributed by atoms with Crippen molar-refractivity contribution in [3.8, 4) is 0 Å². The molecule has 162 valence electrons. The predicted molar refractivity (Wildman–Crippen MR) is 140 cm³/mol. The Balaban J connectivity index is 0.00000103. The molecule has 0 aliphatic rings. The van der Waals surface area contributed by atoms with Crippen LogP contribution in [-0.2, 0) is 14.0 Å². The van der Waals surface area contributed by atoms with E-state index in [1.165, 1.54) is 10.4 Å². The molecular weight excluding hydrogens is 610 g/mol. The third-order valence-electron chi connectivity index (χ3n) is 3.67. The molecule has 1 atom stereocenters. The molecule has 30 heavy (non-hydrogen) atoms. The first kappa shape index (κ1) is 27.4. The van der Waals surface area contributed by atoms with E-state index in [2.05, 4.69) is 92.9 Å². The molecular formula is C24H33IO3SiSn. The topological polar surface area (TPSA) is 35.5 Å². The first-order chi connectivity index (χ1) is 14.3. The van der Waals surface area contributed by atoms with E-state index in [-0.39, 0.29) is 12.1 Å². The number of halogens is 1. The summed E-state index contributed by atoms with van der Waals surface area (Å²) in [5, 5.41) is 2.47. The van der Waals surface area contributed by atoms with Crippen molar-refractivity contribution in [1.82, 2.24) is 0 Å². The van der Waals surface area contributed by atoms with Crippen molar-refractivity contribution in [2.45, 2.75) is 47.6 Å². The summed E-state index contributed by atoms with van der Waals surface area (Å²) < 4.78 is 12.6. The van der Waals surface area contributed by atoms with Crippen LogP contribution in [-0.4, -0.2) is 47.5 Å². The molecule has 0 saturated heterocycles. The Morgan fingerprint density at radius 2 is 1.50 bits per heavy atom. The second-order valence-corrected chi connectivity index (χ2v) is 19.4. The first-order valence-electron chi connectivity index (χ1n) is 10.2. The zero-order valence-corrected chi connectivity index (χ0v) is 24.7. The number of hydrogen-bond donors (Lipinski definition) is 0. The summed E-state index contributed by atoms with van der Waals surface area (Å²) in [4.78, 5) is 18.6. The quantitative estimate of drug-likeness (QED) is 0.214. The number of hydrogen-bond acceptors (Lipinski definition) is 3. The van der Waals surface area contributed by atoms with Gasteiger partial charge >= 0.3 is 40.5 Å². The minimum absolute atomic E-state index is 0.0645. The van der Waals surface area contributed by atoms with Gasteiger partial charge < -0.3 is 9.16 Å². The van der Waals surface area contributed by atoms with Crippen LogP contribution in [0.15, 0.2) is 70.3 Å². The number of carbonyl (C=O) groups is 1. The molecule has 0 amide bonds. The molecule has 0 N–H and O–H groups in total. The number of carbonyl (C=O) groups excluding carboxylic acids is 1. The van der Waals surface area contributed by atoms with Gasteiger partial charge in [0.25, 0.3) is 9.04 Å². The summed E-state index contributed by atoms with van der Waals surface area (Å²) in [7, 11) is -1.31. The standard InChI is InChI=1S/C21H24IO3Si.3CH3.Sn/c1-3-24-21(23)15-14-18(22)16-17(2)25-26(19-10-6-4-7-11-19)20-12-8-5-9-13-20;;;;/h4-14,17H,3,15-16H2,1-2H3;3*1H3;/b18-14-;;;;. The Morgan fingerprint density at radius 1 is 1.03 bits per heavy atom. The molecule has 0 aliphatic heterocycles. The first-order valence-corrected chi connectivity index (χ1v) is 21.3. The van der Waals surface area contributed by atoms with E-state index in [0.717, 1.165) is 10.0 Å². The fourth-order valence-corrected chi connectivity index (χ4v) is 5.42. The third kappa shape index (κ3) is 12.3. The molecule has 2 radical (unpaired) electrons. The Morgan fingerprint density at radius 3 is 1.93 bits per heavy atom. The zero-order chi connectivity index (χ0) is 22.4. The van der Waals surface area contributed by atoms with Gasteiger partial charge in [-0.3, -0.25) is 4.79 Å². The summed E-state index contributed by atoms with van der Waals surface area (Å²) in [6.45, 7) is 4.33. The Kier molecular flexibility index (Phi) is 14.7. The van der Waals surface area contributed by atoms with E-state index in [9.17, 15) is 4.79 Å². The average molecular weight is 643 g/mol. The average Bonchev–Trinajstić information content (AvgIpc) is 2.71. The Bertz CT molecular complexity index is 711. The zero-order valence-electron chi connectivity index (χ0n) is 18.7. The second-order valence-electron chi connectivity index (χ2n) is 7.35. The maximum absolute atomic E-state index is 11.5. The Labute approximate surface area is 204 Å². The van der Waals surface area contributed by atoms with Crippen LogP contribution < -0.4 is 10.4 Å². The molecule has 1 unspecified atom stereocenters. The van der Waals surface area contributed by atoms with Gasteiger partial charge in [-0.05, 0) is 50.4 Å². The molecule has 2 aromatic carbocycles. The van der Waals surface area contributed by atoms with Gasteiger partial charge in [-0.25, -0.2) is 0 Å². The summed E-state index contributed by atoms with van der Waals surface area (Å²) in [6, 6.07) is 20.8. The predicted octanol–water partition coefficient (Wildman–Crippen LogP) is 5.23. The van der Waals surface area contributed by atoms with Crippen LogP contribution in [0.5, 0.6) is 0 Å². The molecule has 2 aromatic rings. The van der Waals surface area contributed by atoms with Gasteiger partial charge in [0.15, 0.2) is 0 Å². The van der Waals surface area contributed by atoms with Crippen LogP contribution in [0.2, 0.25) is 14.8 Å². The van der Waals surface area contributed by atoms with Crippen molar-refractivity contribution in [2.24, 2.45) is 0 Å². The van der Waals surface area contributed by atoms with Gasteiger partial charge in [-0.15, -0.1) is 0 Å². The van der Waals surface area contributed by atoms with E-state index in [4.69, 9.17) is 9.16 Å². The van der Waals surface area contributed by atoms with Gasteiger partial charge in [0.05, 0.1) is 13.0 Å². The van der Waals surface area contributed by atoms with Crippen LogP contribution >= 0.6 is 22.6 Å². The molecule has 3 nitrogen and oxygen atoms in total. The van der Waals surface area contributed by atoms with Crippen molar-refractivity contribution >= 4 is 67.7 Å². The van der Waals surface area contributed by atoms with E-state index < -0.39 is 28.8 Å². The van der Waals surface area contributed by atoms with Crippen molar-refractivity contribution in [3.05, 3.63) is 70.3 Å². The maximum atomic E-state index is 11.5. The summed E-state index contributed by atoms with van der Waals surface area (Å²) in [6.07, 6.45) is 3.09. The summed E-state index contributed by atoms with van der Waals surface area (Å²) >= 11 is 1.74. The van der Waals surface area contributed by atoms with Crippen LogP contribution in [0.4, 0.5) is 0 Å². The van der Waals surface area contributed by atoms with Crippen molar-refractivity contribution in [2.75, 3.05) is 6.61 Å². The molecule has 0 aromatic heterocycles. The fraction of sp³-hybridized carbons (Fsp3) is 0.375. The SMILES string of the molecule is CCOC(=O)C/C=C(\I)CC(C)O[Si](c1ccccc1)c1ccccc1.[CH3][Sn]([CH3])[CH3]. The van der Waals surface area contributed by atoms with E-state index in [1.54, 1.807) is 0 Å². The minimum atomic E-state index is -1.31. The molecule has 6 heteroatoms. The van der Waals surface area contributed by atoms with E-state index in [0.29, 0.717) is 13.0 Å². The monoisotopic (exact) mass is 644 g/mol. The molecule has 0 spiro atoms. The molecule has 0 bridgehead atoms. The second kappa shape index (κ2) is 16.1. The van der Waals surface area contributed by atoms with Crippen LogP contribution in [0, 0.1) is 0 Å².